The van der Waals surface area contributed by atoms with Crippen LogP contribution in [0.15, 0.2) is 91.0 Å². The first-order chi connectivity index (χ1) is 14.7. The largest absolute Gasteiger partial charge is 0.410 e. The summed E-state index contributed by atoms with van der Waals surface area (Å²) in [5, 5.41) is 11.4. The van der Waals surface area contributed by atoms with Crippen LogP contribution < -0.4 is 10.5 Å². The van der Waals surface area contributed by atoms with Gasteiger partial charge in [-0.3, -0.25) is 0 Å². The van der Waals surface area contributed by atoms with E-state index in [1.165, 1.54) is 32.3 Å². The molecule has 30 heavy (non-hydrogen) atoms. The van der Waals surface area contributed by atoms with Gasteiger partial charge in [0.15, 0.2) is 0 Å². The maximum Gasteiger partial charge on any atom is 0.409 e. The predicted octanol–water partition coefficient (Wildman–Crippen LogP) is 6.91. The van der Waals surface area contributed by atoms with Gasteiger partial charge in [-0.2, -0.15) is 0 Å². The highest BCUT2D eigenvalue weighted by molar-refractivity contribution is 6.16. The lowest BCUT2D eigenvalue weighted by molar-refractivity contribution is 0.211. The lowest BCUT2D eigenvalue weighted by Gasteiger charge is -2.11. The fourth-order valence-electron chi connectivity index (χ4n) is 4.44. The van der Waals surface area contributed by atoms with Crippen molar-refractivity contribution in [1.29, 1.82) is 0 Å². The summed E-state index contributed by atoms with van der Waals surface area (Å²) >= 11 is 0. The highest BCUT2D eigenvalue weighted by Crippen LogP contribution is 2.36. The molecule has 2 N–H and O–H groups in total. The van der Waals surface area contributed by atoms with E-state index in [1.54, 1.807) is 6.07 Å². The Morgan fingerprint density at radius 3 is 1.77 bits per heavy atom. The average molecular weight is 387 g/mol. The molecule has 0 aliphatic carbocycles. The zero-order chi connectivity index (χ0) is 20.2. The van der Waals surface area contributed by atoms with Crippen molar-refractivity contribution in [1.82, 2.24) is 0 Å². The molecule has 0 aliphatic rings. The molecule has 142 valence electrons. The molecule has 0 aromatic heterocycles. The molecule has 0 radical (unpaired) electrons. The summed E-state index contributed by atoms with van der Waals surface area (Å²) < 4.78 is 5.25. The number of carbonyl (C=O) groups is 1. The molecule has 6 aromatic carbocycles. The van der Waals surface area contributed by atoms with Crippen LogP contribution in [0.5, 0.6) is 5.75 Å². The topological polar surface area (TPSA) is 52.3 Å². The number of amides is 1. The minimum absolute atomic E-state index is 0.477. The number of benzene rings is 6. The second-order valence-electron chi connectivity index (χ2n) is 7.66. The average Bonchev–Trinajstić information content (AvgIpc) is 2.75. The lowest BCUT2D eigenvalue weighted by Crippen LogP contribution is -2.16. The van der Waals surface area contributed by atoms with Crippen LogP contribution in [-0.4, -0.2) is 6.09 Å². The van der Waals surface area contributed by atoms with Gasteiger partial charge in [-0.05, 0) is 90.9 Å². The SMILES string of the molecule is NC(=O)Oc1cccc2cc3ccc4cc5cc6ccccc6cc5cc4c3cc12. The molecule has 0 saturated heterocycles. The van der Waals surface area contributed by atoms with Gasteiger partial charge in [-0.25, -0.2) is 4.79 Å². The second-order valence-corrected chi connectivity index (χ2v) is 7.66. The van der Waals surface area contributed by atoms with Crippen molar-refractivity contribution in [2.45, 2.75) is 0 Å². The molecule has 6 aromatic rings. The van der Waals surface area contributed by atoms with Crippen LogP contribution in [0, 0.1) is 0 Å². The van der Waals surface area contributed by atoms with Gasteiger partial charge in [0.05, 0.1) is 0 Å². The first-order valence-corrected chi connectivity index (χ1v) is 9.85. The van der Waals surface area contributed by atoms with E-state index in [0.717, 1.165) is 21.5 Å². The summed E-state index contributed by atoms with van der Waals surface area (Å²) in [6.45, 7) is 0. The Labute approximate surface area is 172 Å². The van der Waals surface area contributed by atoms with E-state index in [0.29, 0.717) is 5.75 Å². The molecular formula is C27H17NO2. The van der Waals surface area contributed by atoms with Gasteiger partial charge in [-0.1, -0.05) is 48.5 Å². The van der Waals surface area contributed by atoms with Gasteiger partial charge >= 0.3 is 6.09 Å². The van der Waals surface area contributed by atoms with Crippen LogP contribution in [0.25, 0.3) is 53.9 Å². The molecular weight excluding hydrogens is 370 g/mol. The number of rotatable bonds is 1. The zero-order valence-electron chi connectivity index (χ0n) is 16.1. The van der Waals surface area contributed by atoms with Gasteiger partial charge in [0.25, 0.3) is 0 Å². The monoisotopic (exact) mass is 387 g/mol. The van der Waals surface area contributed by atoms with Crippen LogP contribution in [0.4, 0.5) is 4.79 Å². The summed E-state index contributed by atoms with van der Waals surface area (Å²) in [7, 11) is 0. The Balaban J connectivity index is 1.71. The smallest absolute Gasteiger partial charge is 0.409 e. The van der Waals surface area contributed by atoms with Crippen molar-refractivity contribution in [3.63, 3.8) is 0 Å². The van der Waals surface area contributed by atoms with Gasteiger partial charge < -0.3 is 10.5 Å². The number of hydrogen-bond acceptors (Lipinski definition) is 2. The van der Waals surface area contributed by atoms with Crippen molar-refractivity contribution in [3.8, 4) is 5.75 Å². The molecule has 0 aliphatic heterocycles. The Kier molecular flexibility index (Phi) is 3.47. The maximum absolute atomic E-state index is 11.3. The molecule has 0 heterocycles. The third-order valence-corrected chi connectivity index (χ3v) is 5.83. The molecule has 0 atom stereocenters. The summed E-state index contributed by atoms with van der Waals surface area (Å²) in [4.78, 5) is 11.3. The summed E-state index contributed by atoms with van der Waals surface area (Å²) in [6.07, 6.45) is -0.807. The van der Waals surface area contributed by atoms with Crippen LogP contribution in [0.1, 0.15) is 0 Å². The highest BCUT2D eigenvalue weighted by atomic mass is 16.5. The van der Waals surface area contributed by atoms with Crippen molar-refractivity contribution >= 4 is 60.0 Å². The standard InChI is InChI=1S/C27H17NO2/c28-27(29)30-26-7-3-6-18-12-19-8-9-20-13-21-10-16-4-1-2-5-17(16)11-22(21)14-23(20)24(19)15-25(18)26/h1-15H,(H2,28,29). The van der Waals surface area contributed by atoms with Gasteiger partial charge in [0.1, 0.15) is 5.75 Å². The third kappa shape index (κ3) is 2.56. The van der Waals surface area contributed by atoms with Gasteiger partial charge in [-0.15, -0.1) is 0 Å². The number of nitrogens with two attached hydrogens (primary N) is 1. The van der Waals surface area contributed by atoms with E-state index in [-0.39, 0.29) is 0 Å². The Hall–Kier alpha value is -4.11. The number of carbonyl (C=O) groups excluding carboxylic acids is 1. The molecule has 0 unspecified atom stereocenters. The fourth-order valence-corrected chi connectivity index (χ4v) is 4.44. The quantitative estimate of drug-likeness (QED) is 0.246. The third-order valence-electron chi connectivity index (χ3n) is 5.83. The molecule has 6 rings (SSSR count). The van der Waals surface area contributed by atoms with Gasteiger partial charge in [0, 0.05) is 5.39 Å². The molecule has 1 amide bonds. The van der Waals surface area contributed by atoms with Crippen LogP contribution in [-0.2, 0) is 0 Å². The van der Waals surface area contributed by atoms with E-state index in [9.17, 15) is 4.79 Å². The first kappa shape index (κ1) is 16.8. The van der Waals surface area contributed by atoms with Crippen LogP contribution in [0.2, 0.25) is 0 Å². The zero-order valence-corrected chi connectivity index (χ0v) is 16.1. The molecule has 0 spiro atoms. The Bertz CT molecular complexity index is 1650. The minimum Gasteiger partial charge on any atom is -0.410 e. The molecule has 3 heteroatoms. The van der Waals surface area contributed by atoms with Crippen molar-refractivity contribution < 1.29 is 9.53 Å². The van der Waals surface area contributed by atoms with E-state index < -0.39 is 6.09 Å². The van der Waals surface area contributed by atoms with E-state index in [1.807, 2.05) is 12.1 Å². The number of ether oxygens (including phenoxy) is 1. The minimum atomic E-state index is -0.807. The molecule has 0 saturated carbocycles. The van der Waals surface area contributed by atoms with E-state index >= 15 is 0 Å². The van der Waals surface area contributed by atoms with Crippen molar-refractivity contribution in [2.75, 3.05) is 0 Å². The lowest BCUT2D eigenvalue weighted by atomic mass is 9.94. The van der Waals surface area contributed by atoms with Gasteiger partial charge in [0.2, 0.25) is 0 Å². The van der Waals surface area contributed by atoms with Crippen molar-refractivity contribution in [3.05, 3.63) is 91.0 Å². The van der Waals surface area contributed by atoms with Crippen LogP contribution >= 0.6 is 0 Å². The fraction of sp³-hybridized carbons (Fsp3) is 0. The summed E-state index contributed by atoms with van der Waals surface area (Å²) in [5.74, 6) is 0.477. The van der Waals surface area contributed by atoms with E-state index in [4.69, 9.17) is 10.5 Å². The molecule has 0 fully saturated rings. The Morgan fingerprint density at radius 2 is 1.07 bits per heavy atom. The number of hydrogen-bond donors (Lipinski definition) is 1. The van der Waals surface area contributed by atoms with E-state index in [2.05, 4.69) is 72.8 Å². The number of fused-ring (bicyclic) bond motifs is 6. The maximum atomic E-state index is 11.3. The Morgan fingerprint density at radius 1 is 0.533 bits per heavy atom. The second kappa shape index (κ2) is 6.19. The number of primary amides is 1. The summed E-state index contributed by atoms with van der Waals surface area (Å²) in [6, 6.07) is 31.6. The summed E-state index contributed by atoms with van der Waals surface area (Å²) in [5.41, 5.74) is 5.27. The highest BCUT2D eigenvalue weighted by Gasteiger charge is 2.10. The van der Waals surface area contributed by atoms with Crippen molar-refractivity contribution in [2.24, 2.45) is 5.73 Å². The molecule has 0 bridgehead atoms. The first-order valence-electron chi connectivity index (χ1n) is 9.85. The normalized spacial score (nSPS) is 11.6. The predicted molar refractivity (Wildman–Crippen MR) is 124 cm³/mol. The molecule has 3 nitrogen and oxygen atoms in total. The van der Waals surface area contributed by atoms with Crippen LogP contribution in [0.3, 0.4) is 0 Å².